The van der Waals surface area contributed by atoms with Gasteiger partial charge in [-0.25, -0.2) is 0 Å². The average molecular weight is 339 g/mol. The van der Waals surface area contributed by atoms with Crippen LogP contribution in [0, 0.1) is 10.5 Å². The van der Waals surface area contributed by atoms with Gasteiger partial charge in [-0.3, -0.25) is 4.79 Å². The number of hydrogen-bond donors (Lipinski definition) is 0. The van der Waals surface area contributed by atoms with Crippen molar-refractivity contribution in [3.05, 3.63) is 31.3 Å². The molecule has 0 bridgehead atoms. The summed E-state index contributed by atoms with van der Waals surface area (Å²) in [5.74, 6) is 0.0985. The van der Waals surface area contributed by atoms with E-state index in [1.54, 1.807) is 6.92 Å². The van der Waals surface area contributed by atoms with Gasteiger partial charge < -0.3 is 0 Å². The van der Waals surface area contributed by atoms with Crippen LogP contribution in [0.15, 0.2) is 16.6 Å². The smallest absolute Gasteiger partial charge is 0.160 e. The summed E-state index contributed by atoms with van der Waals surface area (Å²) in [5.41, 5.74) is 1.90. The zero-order valence-electron chi connectivity index (χ0n) is 6.82. The molecule has 0 saturated carbocycles. The van der Waals surface area contributed by atoms with Crippen LogP contribution >= 0.6 is 38.5 Å². The van der Waals surface area contributed by atoms with Gasteiger partial charge in [0.25, 0.3) is 0 Å². The minimum Gasteiger partial charge on any atom is -0.294 e. The monoisotopic (exact) mass is 338 g/mol. The molecule has 1 rings (SSSR count). The van der Waals surface area contributed by atoms with Crippen molar-refractivity contribution in [2.24, 2.45) is 0 Å². The van der Waals surface area contributed by atoms with Crippen LogP contribution in [-0.4, -0.2) is 5.78 Å². The Morgan fingerprint density at radius 2 is 2.08 bits per heavy atom. The molecular formula is C9H8BrIO. The van der Waals surface area contributed by atoms with Gasteiger partial charge in [-0.15, -0.1) is 0 Å². The van der Waals surface area contributed by atoms with Gasteiger partial charge >= 0.3 is 0 Å². The lowest BCUT2D eigenvalue weighted by Crippen LogP contribution is -1.95. The maximum atomic E-state index is 11.1. The highest BCUT2D eigenvalue weighted by Gasteiger charge is 2.06. The predicted molar refractivity (Wildman–Crippen MR) is 61.6 cm³/mol. The molecule has 0 atom stereocenters. The molecule has 0 N–H and O–H groups in total. The molecule has 0 radical (unpaired) electrons. The number of aryl methyl sites for hydroxylation is 1. The van der Waals surface area contributed by atoms with Crippen molar-refractivity contribution in [1.29, 1.82) is 0 Å². The Balaban J connectivity index is 3.33. The summed E-state index contributed by atoms with van der Waals surface area (Å²) in [6.45, 7) is 3.58. The summed E-state index contributed by atoms with van der Waals surface area (Å²) >= 11 is 5.60. The summed E-state index contributed by atoms with van der Waals surface area (Å²) in [6.07, 6.45) is 0. The lowest BCUT2D eigenvalue weighted by molar-refractivity contribution is 0.101. The van der Waals surface area contributed by atoms with Gasteiger partial charge in [-0.1, -0.05) is 15.9 Å². The Bertz CT molecular complexity index is 334. The molecule has 0 amide bonds. The number of Topliss-reactive ketones (excluding diaryl/α,β-unsaturated/α-hetero) is 1. The van der Waals surface area contributed by atoms with Crippen LogP contribution in [0.2, 0.25) is 0 Å². The fourth-order valence-electron chi connectivity index (χ4n) is 0.927. The highest BCUT2D eigenvalue weighted by molar-refractivity contribution is 14.1. The molecule has 12 heavy (non-hydrogen) atoms. The Morgan fingerprint density at radius 3 is 2.58 bits per heavy atom. The summed E-state index contributed by atoms with van der Waals surface area (Å²) in [7, 11) is 0. The van der Waals surface area contributed by atoms with Gasteiger partial charge in [0.2, 0.25) is 0 Å². The zero-order chi connectivity index (χ0) is 9.30. The SMILES string of the molecule is CC(=O)c1cc(C)c(I)cc1Br. The topological polar surface area (TPSA) is 17.1 Å². The van der Waals surface area contributed by atoms with Crippen LogP contribution in [0.25, 0.3) is 0 Å². The van der Waals surface area contributed by atoms with Crippen LogP contribution in [0.4, 0.5) is 0 Å². The number of ketones is 1. The summed E-state index contributed by atoms with van der Waals surface area (Å²) in [4.78, 5) is 11.1. The van der Waals surface area contributed by atoms with E-state index in [9.17, 15) is 4.79 Å². The van der Waals surface area contributed by atoms with E-state index < -0.39 is 0 Å². The van der Waals surface area contributed by atoms with E-state index in [1.807, 2.05) is 19.1 Å². The second-order valence-electron chi connectivity index (χ2n) is 2.64. The van der Waals surface area contributed by atoms with E-state index >= 15 is 0 Å². The van der Waals surface area contributed by atoms with Crippen molar-refractivity contribution in [2.75, 3.05) is 0 Å². The van der Waals surface area contributed by atoms with E-state index in [4.69, 9.17) is 0 Å². The largest absolute Gasteiger partial charge is 0.294 e. The highest BCUT2D eigenvalue weighted by atomic mass is 127. The lowest BCUT2D eigenvalue weighted by atomic mass is 10.1. The first-order valence-electron chi connectivity index (χ1n) is 3.49. The first kappa shape index (κ1) is 10.2. The molecule has 0 aliphatic heterocycles. The van der Waals surface area contributed by atoms with Gasteiger partial charge in [0, 0.05) is 13.6 Å². The second-order valence-corrected chi connectivity index (χ2v) is 4.65. The van der Waals surface area contributed by atoms with Crippen LogP contribution in [0.1, 0.15) is 22.8 Å². The molecule has 0 aliphatic rings. The van der Waals surface area contributed by atoms with Crippen molar-refractivity contribution in [2.45, 2.75) is 13.8 Å². The fourth-order valence-corrected chi connectivity index (χ4v) is 2.44. The van der Waals surface area contributed by atoms with Crippen molar-refractivity contribution in [3.8, 4) is 0 Å². The Kier molecular flexibility index (Phi) is 3.29. The molecule has 0 fully saturated rings. The van der Waals surface area contributed by atoms with Crippen molar-refractivity contribution < 1.29 is 4.79 Å². The number of halogens is 2. The normalized spacial score (nSPS) is 10.0. The average Bonchev–Trinajstić information content (AvgIpc) is 1.96. The second kappa shape index (κ2) is 3.87. The van der Waals surface area contributed by atoms with Crippen molar-refractivity contribution >= 4 is 44.3 Å². The first-order chi connectivity index (χ1) is 5.52. The summed E-state index contributed by atoms with van der Waals surface area (Å²) in [5, 5.41) is 0. The molecule has 0 spiro atoms. The molecule has 0 unspecified atom stereocenters. The standard InChI is InChI=1S/C9H8BrIO/c1-5-3-7(6(2)12)8(10)4-9(5)11/h3-4H,1-2H3. The first-order valence-corrected chi connectivity index (χ1v) is 5.36. The van der Waals surface area contributed by atoms with Crippen LogP contribution in [-0.2, 0) is 0 Å². The zero-order valence-corrected chi connectivity index (χ0v) is 10.6. The van der Waals surface area contributed by atoms with Gasteiger partial charge in [-0.2, -0.15) is 0 Å². The number of carbonyl (C=O) groups is 1. The summed E-state index contributed by atoms with van der Waals surface area (Å²) < 4.78 is 2.05. The Labute approximate surface area is 93.8 Å². The molecule has 1 aromatic rings. The van der Waals surface area contributed by atoms with Crippen molar-refractivity contribution in [3.63, 3.8) is 0 Å². The van der Waals surface area contributed by atoms with Crippen LogP contribution in [0.5, 0.6) is 0 Å². The minimum atomic E-state index is 0.0985. The minimum absolute atomic E-state index is 0.0985. The Morgan fingerprint density at radius 1 is 1.50 bits per heavy atom. The highest BCUT2D eigenvalue weighted by Crippen LogP contribution is 2.23. The predicted octanol–water partition coefficient (Wildman–Crippen LogP) is 3.56. The molecule has 0 heterocycles. The van der Waals surface area contributed by atoms with E-state index in [2.05, 4.69) is 38.5 Å². The molecule has 0 saturated heterocycles. The van der Waals surface area contributed by atoms with Crippen LogP contribution in [0.3, 0.4) is 0 Å². The maximum absolute atomic E-state index is 11.1. The fraction of sp³-hybridized carbons (Fsp3) is 0.222. The lowest BCUT2D eigenvalue weighted by Gasteiger charge is -2.03. The Hall–Kier alpha value is 0.1000. The third kappa shape index (κ3) is 2.07. The molecule has 3 heteroatoms. The molecule has 64 valence electrons. The number of carbonyl (C=O) groups excluding carboxylic acids is 1. The number of benzene rings is 1. The molecule has 1 nitrogen and oxygen atoms in total. The van der Waals surface area contributed by atoms with Crippen LogP contribution < -0.4 is 0 Å². The molecule has 0 aromatic heterocycles. The van der Waals surface area contributed by atoms with Gasteiger partial charge in [0.05, 0.1) is 0 Å². The van der Waals surface area contributed by atoms with Gasteiger partial charge in [0.15, 0.2) is 5.78 Å². The summed E-state index contributed by atoms with van der Waals surface area (Å²) in [6, 6.07) is 3.88. The van der Waals surface area contributed by atoms with E-state index in [-0.39, 0.29) is 5.78 Å². The molecule has 0 aliphatic carbocycles. The molecule has 1 aromatic carbocycles. The number of hydrogen-bond acceptors (Lipinski definition) is 1. The number of rotatable bonds is 1. The molecular weight excluding hydrogens is 331 g/mol. The van der Waals surface area contributed by atoms with Gasteiger partial charge in [0.1, 0.15) is 0 Å². The quantitative estimate of drug-likeness (QED) is 0.565. The third-order valence-electron chi connectivity index (χ3n) is 1.63. The maximum Gasteiger partial charge on any atom is 0.160 e. The van der Waals surface area contributed by atoms with E-state index in [1.165, 1.54) is 3.57 Å². The van der Waals surface area contributed by atoms with E-state index in [0.29, 0.717) is 0 Å². The van der Waals surface area contributed by atoms with Crippen molar-refractivity contribution in [1.82, 2.24) is 0 Å². The third-order valence-corrected chi connectivity index (χ3v) is 3.45. The van der Waals surface area contributed by atoms with E-state index in [0.717, 1.165) is 15.6 Å². The van der Waals surface area contributed by atoms with Gasteiger partial charge in [-0.05, 0) is 54.1 Å².